The monoisotopic (exact) mass is 336 g/mol. The summed E-state index contributed by atoms with van der Waals surface area (Å²) in [4.78, 5) is 4.59. The lowest BCUT2D eigenvalue weighted by Crippen LogP contribution is -2.22. The summed E-state index contributed by atoms with van der Waals surface area (Å²) in [6, 6.07) is 8.37. The van der Waals surface area contributed by atoms with E-state index in [9.17, 15) is 0 Å². The number of rotatable bonds is 4. The number of hydrogen-bond donors (Lipinski definition) is 1. The molecule has 0 aliphatic carbocycles. The normalized spacial score (nSPS) is 12.7. The van der Waals surface area contributed by atoms with Crippen LogP contribution >= 0.6 is 27.3 Å². The Morgan fingerprint density at radius 1 is 1.47 bits per heavy atom. The van der Waals surface area contributed by atoms with Gasteiger partial charge in [0, 0.05) is 22.9 Å². The molecule has 4 nitrogen and oxygen atoms in total. The van der Waals surface area contributed by atoms with E-state index in [1.54, 1.807) is 17.5 Å². The fourth-order valence-corrected chi connectivity index (χ4v) is 3.21. The molecule has 0 fully saturated rings. The molecular weight excluding hydrogens is 324 g/mol. The van der Waals surface area contributed by atoms with Crippen LogP contribution in [0.2, 0.25) is 0 Å². The molecule has 98 valence electrons. The average Bonchev–Trinajstić information content (AvgIpc) is 2.97. The number of aromatic nitrogens is 3. The Morgan fingerprint density at radius 2 is 2.37 bits per heavy atom. The summed E-state index contributed by atoms with van der Waals surface area (Å²) in [5.74, 6) is 0. The highest BCUT2D eigenvalue weighted by molar-refractivity contribution is 9.10. The van der Waals surface area contributed by atoms with Crippen molar-refractivity contribution in [2.45, 2.75) is 19.5 Å². The lowest BCUT2D eigenvalue weighted by atomic mass is 10.3. The number of nitrogens with one attached hydrogen (secondary N) is 1. The molecule has 0 saturated heterocycles. The molecule has 1 aromatic carbocycles. The van der Waals surface area contributed by atoms with Crippen LogP contribution in [0.15, 0.2) is 41.1 Å². The molecule has 0 aliphatic heterocycles. The Bertz CT molecular complexity index is 677. The lowest BCUT2D eigenvalue weighted by molar-refractivity contribution is 0.561. The smallest absolute Gasteiger partial charge is 0.184 e. The van der Waals surface area contributed by atoms with Crippen LogP contribution in [-0.4, -0.2) is 20.8 Å². The molecule has 0 saturated carbocycles. The third kappa shape index (κ3) is 2.96. The topological polar surface area (TPSA) is 42.7 Å². The van der Waals surface area contributed by atoms with Crippen LogP contribution < -0.4 is 5.32 Å². The zero-order valence-corrected chi connectivity index (χ0v) is 12.8. The number of anilines is 1. The molecule has 0 spiro atoms. The van der Waals surface area contributed by atoms with Gasteiger partial charge in [-0.05, 0) is 31.2 Å². The number of benzene rings is 1. The Hall–Kier alpha value is -1.40. The van der Waals surface area contributed by atoms with E-state index >= 15 is 0 Å². The van der Waals surface area contributed by atoms with Crippen molar-refractivity contribution in [2.24, 2.45) is 0 Å². The molecule has 6 heteroatoms. The second kappa shape index (κ2) is 5.30. The van der Waals surface area contributed by atoms with Gasteiger partial charge < -0.3 is 5.32 Å². The van der Waals surface area contributed by atoms with Crippen molar-refractivity contribution < 1.29 is 0 Å². The van der Waals surface area contributed by atoms with Gasteiger partial charge in [-0.3, -0.25) is 4.68 Å². The third-order valence-electron chi connectivity index (χ3n) is 2.74. The van der Waals surface area contributed by atoms with Gasteiger partial charge in [0.2, 0.25) is 0 Å². The summed E-state index contributed by atoms with van der Waals surface area (Å²) in [6.07, 6.45) is 3.76. The van der Waals surface area contributed by atoms with Crippen LogP contribution in [0.3, 0.4) is 0 Å². The second-order valence-electron chi connectivity index (χ2n) is 4.40. The highest BCUT2D eigenvalue weighted by atomic mass is 79.9. The van der Waals surface area contributed by atoms with Crippen molar-refractivity contribution in [3.8, 4) is 0 Å². The van der Waals surface area contributed by atoms with Gasteiger partial charge in [-0.15, -0.1) is 0 Å². The van der Waals surface area contributed by atoms with Gasteiger partial charge in [0.25, 0.3) is 0 Å². The first-order valence-electron chi connectivity index (χ1n) is 6.01. The zero-order chi connectivity index (χ0) is 13.2. The predicted octanol–water partition coefficient (Wildman–Crippen LogP) is 3.76. The van der Waals surface area contributed by atoms with Crippen molar-refractivity contribution >= 4 is 42.6 Å². The average molecular weight is 337 g/mol. The van der Waals surface area contributed by atoms with Gasteiger partial charge in [-0.2, -0.15) is 5.10 Å². The molecule has 1 atom stereocenters. The van der Waals surface area contributed by atoms with Crippen LogP contribution in [-0.2, 0) is 6.54 Å². The van der Waals surface area contributed by atoms with Crippen LogP contribution in [0.1, 0.15) is 6.92 Å². The van der Waals surface area contributed by atoms with E-state index in [0.717, 1.165) is 21.7 Å². The van der Waals surface area contributed by atoms with E-state index < -0.39 is 0 Å². The SMILES string of the molecule is CC(Cn1cccn1)Nc1nc2cc(Br)ccc2s1. The Kier molecular flexibility index (Phi) is 3.52. The summed E-state index contributed by atoms with van der Waals surface area (Å²) in [5.41, 5.74) is 1.02. The van der Waals surface area contributed by atoms with Gasteiger partial charge in [-0.1, -0.05) is 27.3 Å². The molecule has 0 amide bonds. The summed E-state index contributed by atoms with van der Waals surface area (Å²) < 4.78 is 4.17. The highest BCUT2D eigenvalue weighted by Gasteiger charge is 2.08. The van der Waals surface area contributed by atoms with Crippen molar-refractivity contribution in [1.82, 2.24) is 14.8 Å². The van der Waals surface area contributed by atoms with Crippen molar-refractivity contribution in [3.05, 3.63) is 41.1 Å². The zero-order valence-electron chi connectivity index (χ0n) is 10.4. The standard InChI is InChI=1S/C13H13BrN4S/c1-9(8-18-6-2-5-15-18)16-13-17-11-7-10(14)3-4-12(11)19-13/h2-7,9H,8H2,1H3,(H,16,17). The number of nitrogens with zero attached hydrogens (tertiary/aromatic N) is 3. The molecule has 3 rings (SSSR count). The molecule has 19 heavy (non-hydrogen) atoms. The molecule has 0 radical (unpaired) electrons. The van der Waals surface area contributed by atoms with Crippen LogP contribution in [0, 0.1) is 0 Å². The molecule has 2 heterocycles. The molecule has 2 aromatic heterocycles. The van der Waals surface area contributed by atoms with E-state index in [-0.39, 0.29) is 6.04 Å². The number of fused-ring (bicyclic) bond motifs is 1. The van der Waals surface area contributed by atoms with E-state index in [2.05, 4.69) is 44.3 Å². The molecule has 1 N–H and O–H groups in total. The van der Waals surface area contributed by atoms with Crippen LogP contribution in [0.25, 0.3) is 10.2 Å². The number of thiazole rings is 1. The first kappa shape index (κ1) is 12.6. The number of halogens is 1. The Labute approximate surface area is 123 Å². The van der Waals surface area contributed by atoms with Crippen molar-refractivity contribution in [1.29, 1.82) is 0 Å². The maximum atomic E-state index is 4.59. The maximum Gasteiger partial charge on any atom is 0.184 e. The maximum absolute atomic E-state index is 4.59. The van der Waals surface area contributed by atoms with Gasteiger partial charge >= 0.3 is 0 Å². The van der Waals surface area contributed by atoms with E-state index in [0.29, 0.717) is 0 Å². The predicted molar refractivity (Wildman–Crippen MR) is 82.6 cm³/mol. The molecule has 1 unspecified atom stereocenters. The first-order chi connectivity index (χ1) is 9.20. The molecule has 0 aliphatic rings. The quantitative estimate of drug-likeness (QED) is 0.788. The van der Waals surface area contributed by atoms with Crippen LogP contribution in [0.4, 0.5) is 5.13 Å². The van der Waals surface area contributed by atoms with Crippen LogP contribution in [0.5, 0.6) is 0 Å². The molecule has 0 bridgehead atoms. The Morgan fingerprint density at radius 3 is 3.16 bits per heavy atom. The highest BCUT2D eigenvalue weighted by Crippen LogP contribution is 2.28. The summed E-state index contributed by atoms with van der Waals surface area (Å²) in [5, 5.41) is 8.58. The lowest BCUT2D eigenvalue weighted by Gasteiger charge is -2.12. The molecular formula is C13H13BrN4S. The van der Waals surface area contributed by atoms with E-state index in [1.807, 2.05) is 29.1 Å². The van der Waals surface area contributed by atoms with Gasteiger partial charge in [-0.25, -0.2) is 4.98 Å². The fourth-order valence-electron chi connectivity index (χ4n) is 1.91. The minimum Gasteiger partial charge on any atom is -0.357 e. The summed E-state index contributed by atoms with van der Waals surface area (Å²) >= 11 is 5.14. The first-order valence-corrected chi connectivity index (χ1v) is 7.62. The third-order valence-corrected chi connectivity index (χ3v) is 4.20. The molecule has 3 aromatic rings. The van der Waals surface area contributed by atoms with Crippen molar-refractivity contribution in [3.63, 3.8) is 0 Å². The van der Waals surface area contributed by atoms with Gasteiger partial charge in [0.05, 0.1) is 16.8 Å². The second-order valence-corrected chi connectivity index (χ2v) is 6.35. The number of hydrogen-bond acceptors (Lipinski definition) is 4. The van der Waals surface area contributed by atoms with Gasteiger partial charge in [0.1, 0.15) is 0 Å². The minimum atomic E-state index is 0.281. The largest absolute Gasteiger partial charge is 0.357 e. The van der Waals surface area contributed by atoms with Gasteiger partial charge in [0.15, 0.2) is 5.13 Å². The fraction of sp³-hybridized carbons (Fsp3) is 0.231. The van der Waals surface area contributed by atoms with E-state index in [1.165, 1.54) is 4.70 Å². The minimum absolute atomic E-state index is 0.281. The van der Waals surface area contributed by atoms with E-state index in [4.69, 9.17) is 0 Å². The van der Waals surface area contributed by atoms with Crippen molar-refractivity contribution in [2.75, 3.05) is 5.32 Å². The summed E-state index contributed by atoms with van der Waals surface area (Å²) in [7, 11) is 0. The summed E-state index contributed by atoms with van der Waals surface area (Å²) in [6.45, 7) is 2.95. The Balaban J connectivity index is 1.74.